The van der Waals surface area contributed by atoms with E-state index in [2.05, 4.69) is 67.1 Å². The number of methoxy groups -OCH3 is 1. The Kier molecular flexibility index (Phi) is 7.03. The van der Waals surface area contributed by atoms with Crippen LogP contribution in [0.15, 0.2) is 39.7 Å². The highest BCUT2D eigenvalue weighted by molar-refractivity contribution is 9.10. The molecule has 28 heavy (non-hydrogen) atoms. The lowest BCUT2D eigenvalue weighted by molar-refractivity contribution is -0.140. The second-order valence-electron chi connectivity index (χ2n) is 6.52. The van der Waals surface area contributed by atoms with Gasteiger partial charge in [0.25, 0.3) is 0 Å². The molecule has 2 heterocycles. The van der Waals surface area contributed by atoms with Crippen LogP contribution in [0.5, 0.6) is 0 Å². The summed E-state index contributed by atoms with van der Waals surface area (Å²) in [6.07, 6.45) is 5.65. The Morgan fingerprint density at radius 2 is 1.96 bits per heavy atom. The molecule has 0 atom stereocenters. The van der Waals surface area contributed by atoms with E-state index in [-0.39, 0.29) is 5.97 Å². The first kappa shape index (κ1) is 20.3. The van der Waals surface area contributed by atoms with Crippen molar-refractivity contribution in [1.82, 2.24) is 9.97 Å². The van der Waals surface area contributed by atoms with Gasteiger partial charge in [-0.05, 0) is 46.3 Å². The average molecular weight is 446 g/mol. The fourth-order valence-electron chi connectivity index (χ4n) is 3.09. The Hall–Kier alpha value is -2.41. The van der Waals surface area contributed by atoms with E-state index in [1.807, 2.05) is 0 Å². The first-order chi connectivity index (χ1) is 13.6. The van der Waals surface area contributed by atoms with Gasteiger partial charge in [0.1, 0.15) is 12.1 Å². The van der Waals surface area contributed by atoms with Crippen LogP contribution in [0.1, 0.15) is 38.2 Å². The van der Waals surface area contributed by atoms with E-state index in [4.69, 9.17) is 4.42 Å². The van der Waals surface area contributed by atoms with Crippen molar-refractivity contribution >= 4 is 38.8 Å². The summed E-state index contributed by atoms with van der Waals surface area (Å²) in [5, 5.41) is 4.26. The zero-order valence-corrected chi connectivity index (χ0v) is 17.7. The molecule has 0 unspecified atom stereocenters. The number of unbranched alkanes of at least 4 members (excludes halogenated alkanes) is 2. The Labute approximate surface area is 172 Å². The number of aromatic nitrogens is 2. The van der Waals surface area contributed by atoms with E-state index in [0.29, 0.717) is 16.8 Å². The maximum absolute atomic E-state index is 11.2. The first-order valence-electron chi connectivity index (χ1n) is 9.47. The van der Waals surface area contributed by atoms with Gasteiger partial charge in [0.2, 0.25) is 5.71 Å². The molecule has 1 aromatic carbocycles. The minimum Gasteiger partial charge on any atom is -0.469 e. The van der Waals surface area contributed by atoms with E-state index in [1.165, 1.54) is 19.0 Å². The molecule has 0 aliphatic rings. The first-order valence-corrected chi connectivity index (χ1v) is 10.3. The topological polar surface area (TPSA) is 77.3 Å². The molecule has 0 bridgehead atoms. The third-order valence-electron chi connectivity index (χ3n) is 4.67. The van der Waals surface area contributed by atoms with Gasteiger partial charge in [-0.15, -0.1) is 0 Å². The van der Waals surface area contributed by atoms with Crippen LogP contribution >= 0.6 is 15.9 Å². The van der Waals surface area contributed by atoms with Crippen LogP contribution in [-0.2, 0) is 16.0 Å². The number of carbonyl (C=O) groups excluding carboxylic acids is 1. The van der Waals surface area contributed by atoms with Crippen molar-refractivity contribution in [2.75, 3.05) is 19.0 Å². The summed E-state index contributed by atoms with van der Waals surface area (Å²) in [5.41, 5.74) is 3.84. The van der Waals surface area contributed by atoms with Crippen molar-refractivity contribution in [2.45, 2.75) is 39.0 Å². The number of hydrogen-bond acceptors (Lipinski definition) is 6. The minimum atomic E-state index is -0.160. The van der Waals surface area contributed by atoms with Crippen LogP contribution < -0.4 is 5.32 Å². The van der Waals surface area contributed by atoms with Crippen molar-refractivity contribution in [1.29, 1.82) is 0 Å². The van der Waals surface area contributed by atoms with Gasteiger partial charge in [0, 0.05) is 18.5 Å². The smallest absolute Gasteiger partial charge is 0.305 e. The Bertz CT molecular complexity index is 938. The van der Waals surface area contributed by atoms with Crippen LogP contribution in [0, 0.1) is 0 Å². The normalized spacial score (nSPS) is 11.0. The Morgan fingerprint density at radius 1 is 1.18 bits per heavy atom. The number of ether oxygens (including phenoxy) is 1. The molecule has 6 nitrogen and oxygen atoms in total. The molecule has 0 spiro atoms. The molecule has 0 aliphatic carbocycles. The predicted octanol–water partition coefficient (Wildman–Crippen LogP) is 5.36. The summed E-state index contributed by atoms with van der Waals surface area (Å²) in [7, 11) is 1.42. The highest BCUT2D eigenvalue weighted by Gasteiger charge is 2.19. The van der Waals surface area contributed by atoms with Crippen molar-refractivity contribution in [3.8, 4) is 11.1 Å². The Balaban J connectivity index is 1.75. The van der Waals surface area contributed by atoms with Gasteiger partial charge < -0.3 is 14.5 Å². The number of esters is 1. The van der Waals surface area contributed by atoms with Gasteiger partial charge in [-0.1, -0.05) is 37.6 Å². The number of furan rings is 1. The summed E-state index contributed by atoms with van der Waals surface area (Å²) in [5.74, 6) is 0.592. The zero-order valence-electron chi connectivity index (χ0n) is 16.1. The molecule has 3 rings (SSSR count). The lowest BCUT2D eigenvalue weighted by Crippen LogP contribution is -2.05. The summed E-state index contributed by atoms with van der Waals surface area (Å²) < 4.78 is 11.1. The molecular weight excluding hydrogens is 422 g/mol. The van der Waals surface area contributed by atoms with Crippen molar-refractivity contribution in [3.05, 3.63) is 40.8 Å². The summed E-state index contributed by atoms with van der Waals surface area (Å²) in [6, 6.07) is 8.44. The van der Waals surface area contributed by atoms with Crippen LogP contribution in [0.25, 0.3) is 22.2 Å². The van der Waals surface area contributed by atoms with Crippen LogP contribution in [-0.4, -0.2) is 29.6 Å². The number of anilines is 1. The highest BCUT2D eigenvalue weighted by atomic mass is 79.9. The number of benzene rings is 1. The monoisotopic (exact) mass is 445 g/mol. The molecule has 1 N–H and O–H groups in total. The van der Waals surface area contributed by atoms with Gasteiger partial charge in [0.05, 0.1) is 12.5 Å². The molecule has 3 aromatic rings. The quantitative estimate of drug-likeness (QED) is 0.352. The van der Waals surface area contributed by atoms with E-state index in [0.717, 1.165) is 54.6 Å². The van der Waals surface area contributed by atoms with Gasteiger partial charge >= 0.3 is 5.97 Å². The number of nitrogens with one attached hydrogen (secondary N) is 1. The fourth-order valence-corrected chi connectivity index (χ4v) is 3.67. The number of hydrogen-bond donors (Lipinski definition) is 1. The molecule has 0 radical (unpaired) electrons. The lowest BCUT2D eigenvalue weighted by atomic mass is 10.0. The second kappa shape index (κ2) is 9.68. The average Bonchev–Trinajstić information content (AvgIpc) is 3.06. The maximum atomic E-state index is 11.2. The number of halogens is 1. The van der Waals surface area contributed by atoms with Crippen molar-refractivity contribution in [2.24, 2.45) is 0 Å². The Morgan fingerprint density at radius 3 is 2.68 bits per heavy atom. The number of aryl methyl sites for hydroxylation is 1. The van der Waals surface area contributed by atoms with E-state index in [1.54, 1.807) is 0 Å². The van der Waals surface area contributed by atoms with Crippen LogP contribution in [0.4, 0.5) is 5.82 Å². The largest absolute Gasteiger partial charge is 0.469 e. The highest BCUT2D eigenvalue weighted by Crippen LogP contribution is 2.40. The zero-order chi connectivity index (χ0) is 19.9. The standard InChI is InChI=1S/C21H24BrN3O3/c1-3-14-8-10-15(11-9-14)17-18-20(24-13-25-21(18)28-19(17)22)23-12-6-4-5-7-16(26)27-2/h8-11,13H,3-7,12H2,1-2H3,(H,23,24,25). The van der Waals surface area contributed by atoms with E-state index < -0.39 is 0 Å². The van der Waals surface area contributed by atoms with Crippen LogP contribution in [0.3, 0.4) is 0 Å². The van der Waals surface area contributed by atoms with Gasteiger partial charge in [0.15, 0.2) is 4.67 Å². The van der Waals surface area contributed by atoms with E-state index >= 15 is 0 Å². The molecule has 2 aromatic heterocycles. The molecule has 0 saturated carbocycles. The molecule has 148 valence electrons. The van der Waals surface area contributed by atoms with Gasteiger partial charge in [-0.2, -0.15) is 0 Å². The third-order valence-corrected chi connectivity index (χ3v) is 5.23. The summed E-state index contributed by atoms with van der Waals surface area (Å²) in [6.45, 7) is 2.89. The maximum Gasteiger partial charge on any atom is 0.305 e. The number of nitrogens with zero attached hydrogens (tertiary/aromatic N) is 2. The molecule has 0 amide bonds. The number of rotatable bonds is 9. The predicted molar refractivity (Wildman–Crippen MR) is 113 cm³/mol. The minimum absolute atomic E-state index is 0.160. The summed E-state index contributed by atoms with van der Waals surface area (Å²) >= 11 is 3.53. The van der Waals surface area contributed by atoms with Crippen molar-refractivity contribution in [3.63, 3.8) is 0 Å². The van der Waals surface area contributed by atoms with Crippen LogP contribution in [0.2, 0.25) is 0 Å². The molecule has 0 saturated heterocycles. The van der Waals surface area contributed by atoms with Gasteiger partial charge in [-0.25, -0.2) is 9.97 Å². The lowest BCUT2D eigenvalue weighted by Gasteiger charge is -2.08. The van der Waals surface area contributed by atoms with Crippen molar-refractivity contribution < 1.29 is 13.9 Å². The van der Waals surface area contributed by atoms with Gasteiger partial charge in [-0.3, -0.25) is 4.79 Å². The van der Waals surface area contributed by atoms with E-state index in [9.17, 15) is 4.79 Å². The molecule has 0 fully saturated rings. The molecule has 0 aliphatic heterocycles. The second-order valence-corrected chi connectivity index (χ2v) is 7.24. The number of carbonyl (C=O) groups is 1. The fraction of sp³-hybridized carbons (Fsp3) is 0.381. The number of fused-ring (bicyclic) bond motifs is 1. The summed E-state index contributed by atoms with van der Waals surface area (Å²) in [4.78, 5) is 19.8. The molecular formula is C21H24BrN3O3. The molecule has 7 heteroatoms. The SMILES string of the molecule is CCc1ccc(-c2c(Br)oc3ncnc(NCCCCCC(=O)OC)c23)cc1. The third kappa shape index (κ3) is 4.70.